The van der Waals surface area contributed by atoms with Crippen LogP contribution in [0.1, 0.15) is 31.1 Å². The second-order valence-electron chi connectivity index (χ2n) is 5.75. The number of anilines is 1. The Kier molecular flexibility index (Phi) is 6.32. The summed E-state index contributed by atoms with van der Waals surface area (Å²) in [6.07, 6.45) is 0. The number of nitrogens with one attached hydrogen (secondary N) is 1. The molecule has 0 unspecified atom stereocenters. The van der Waals surface area contributed by atoms with Crippen LogP contribution in [0.2, 0.25) is 0 Å². The van der Waals surface area contributed by atoms with Gasteiger partial charge in [-0.05, 0) is 30.0 Å². The Balaban J connectivity index is 2.63. The average molecular weight is 312 g/mol. The first-order chi connectivity index (χ1) is 9.79. The van der Waals surface area contributed by atoms with E-state index in [4.69, 9.17) is 11.5 Å². The third-order valence-corrected chi connectivity index (χ3v) is 4.03. The summed E-state index contributed by atoms with van der Waals surface area (Å²) >= 11 is 1.29. The Hall–Kier alpha value is -1.44. The van der Waals surface area contributed by atoms with Crippen molar-refractivity contribution in [3.8, 4) is 0 Å². The van der Waals surface area contributed by atoms with E-state index in [2.05, 4.69) is 19.2 Å². The smallest absolute Gasteiger partial charge is 0.251 e. The number of likely N-dealkylation sites (N-methyl/N-ethyl adjacent to an activating group) is 1. The van der Waals surface area contributed by atoms with Crippen molar-refractivity contribution in [2.75, 3.05) is 31.5 Å². The van der Waals surface area contributed by atoms with Gasteiger partial charge in [-0.2, -0.15) is 0 Å². The lowest BCUT2D eigenvalue weighted by molar-refractivity contribution is -0.117. The zero-order chi connectivity index (χ0) is 16.0. The topological polar surface area (TPSA) is 101 Å². The molecule has 0 bridgehead atoms. The van der Waals surface area contributed by atoms with Gasteiger partial charge in [0.25, 0.3) is 5.91 Å². The SMILES string of the molecule is CCN(CC(=O)Nc1sccc1C(N)=O)CC(C)(C)CN. The minimum absolute atomic E-state index is 0.0440. The Morgan fingerprint density at radius 3 is 2.62 bits per heavy atom. The number of carbonyl (C=O) groups is 2. The van der Waals surface area contributed by atoms with E-state index in [-0.39, 0.29) is 17.9 Å². The molecular weight excluding hydrogens is 288 g/mol. The largest absolute Gasteiger partial charge is 0.366 e. The molecule has 118 valence electrons. The summed E-state index contributed by atoms with van der Waals surface area (Å²) in [5, 5.41) is 4.97. The number of hydrogen-bond donors (Lipinski definition) is 3. The maximum atomic E-state index is 12.1. The molecule has 0 aromatic carbocycles. The van der Waals surface area contributed by atoms with Crippen LogP contribution in [-0.4, -0.2) is 42.9 Å². The molecule has 0 saturated heterocycles. The molecule has 0 atom stereocenters. The quantitative estimate of drug-likeness (QED) is 0.669. The van der Waals surface area contributed by atoms with Gasteiger partial charge in [0, 0.05) is 6.54 Å². The lowest BCUT2D eigenvalue weighted by atomic mass is 9.93. The van der Waals surface area contributed by atoms with Crippen molar-refractivity contribution < 1.29 is 9.59 Å². The van der Waals surface area contributed by atoms with E-state index in [1.807, 2.05) is 11.8 Å². The molecule has 0 radical (unpaired) electrons. The van der Waals surface area contributed by atoms with Crippen molar-refractivity contribution in [2.45, 2.75) is 20.8 Å². The summed E-state index contributed by atoms with van der Waals surface area (Å²) in [6.45, 7) is 8.44. The summed E-state index contributed by atoms with van der Waals surface area (Å²) in [5.41, 5.74) is 11.3. The van der Waals surface area contributed by atoms with Crippen LogP contribution < -0.4 is 16.8 Å². The van der Waals surface area contributed by atoms with Crippen LogP contribution in [0.15, 0.2) is 11.4 Å². The molecule has 1 aromatic rings. The van der Waals surface area contributed by atoms with E-state index in [0.717, 1.165) is 13.1 Å². The highest BCUT2D eigenvalue weighted by Gasteiger charge is 2.21. The van der Waals surface area contributed by atoms with Gasteiger partial charge in [-0.1, -0.05) is 20.8 Å². The minimum Gasteiger partial charge on any atom is -0.366 e. The third-order valence-electron chi connectivity index (χ3n) is 3.20. The highest BCUT2D eigenvalue weighted by Crippen LogP contribution is 2.22. The predicted molar refractivity (Wildman–Crippen MR) is 86.4 cm³/mol. The van der Waals surface area contributed by atoms with Crippen molar-refractivity contribution in [1.82, 2.24) is 4.90 Å². The van der Waals surface area contributed by atoms with E-state index < -0.39 is 5.91 Å². The highest BCUT2D eigenvalue weighted by atomic mass is 32.1. The molecule has 0 fully saturated rings. The number of carbonyl (C=O) groups excluding carboxylic acids is 2. The predicted octanol–water partition coefficient (Wildman–Crippen LogP) is 1.09. The molecule has 0 aliphatic heterocycles. The molecule has 0 aliphatic rings. The van der Waals surface area contributed by atoms with E-state index in [1.54, 1.807) is 11.4 Å². The van der Waals surface area contributed by atoms with Crippen molar-refractivity contribution >= 4 is 28.2 Å². The van der Waals surface area contributed by atoms with E-state index in [1.165, 1.54) is 11.3 Å². The van der Waals surface area contributed by atoms with Gasteiger partial charge in [0.05, 0.1) is 12.1 Å². The maximum absolute atomic E-state index is 12.1. The van der Waals surface area contributed by atoms with E-state index in [0.29, 0.717) is 17.1 Å². The lowest BCUT2D eigenvalue weighted by Crippen LogP contribution is -2.42. The van der Waals surface area contributed by atoms with Gasteiger partial charge in [0.1, 0.15) is 5.00 Å². The molecule has 0 saturated carbocycles. The van der Waals surface area contributed by atoms with Crippen molar-refractivity contribution in [3.63, 3.8) is 0 Å². The van der Waals surface area contributed by atoms with Gasteiger partial charge in [-0.25, -0.2) is 0 Å². The molecule has 1 aromatic heterocycles. The Bertz CT molecular complexity index is 499. The Labute approximate surface area is 129 Å². The van der Waals surface area contributed by atoms with E-state index in [9.17, 15) is 9.59 Å². The van der Waals surface area contributed by atoms with Crippen LogP contribution in [0.3, 0.4) is 0 Å². The molecular formula is C14H24N4O2S. The molecule has 7 heteroatoms. The van der Waals surface area contributed by atoms with Gasteiger partial charge < -0.3 is 16.8 Å². The number of amides is 2. The van der Waals surface area contributed by atoms with Crippen LogP contribution in [0, 0.1) is 5.41 Å². The summed E-state index contributed by atoms with van der Waals surface area (Å²) in [5.74, 6) is -0.696. The van der Waals surface area contributed by atoms with Crippen LogP contribution in [0.4, 0.5) is 5.00 Å². The van der Waals surface area contributed by atoms with Gasteiger partial charge in [0.15, 0.2) is 0 Å². The molecule has 21 heavy (non-hydrogen) atoms. The second kappa shape index (κ2) is 7.53. The van der Waals surface area contributed by atoms with Crippen LogP contribution >= 0.6 is 11.3 Å². The fraction of sp³-hybridized carbons (Fsp3) is 0.571. The summed E-state index contributed by atoms with van der Waals surface area (Å²) in [4.78, 5) is 25.3. The first kappa shape index (κ1) is 17.6. The van der Waals surface area contributed by atoms with Crippen LogP contribution in [0.25, 0.3) is 0 Å². The van der Waals surface area contributed by atoms with Gasteiger partial charge >= 0.3 is 0 Å². The van der Waals surface area contributed by atoms with Crippen LogP contribution in [0.5, 0.6) is 0 Å². The standard InChI is InChI=1S/C14H24N4O2S/c1-4-18(9-14(2,3)8-15)7-11(19)17-13-10(12(16)20)5-6-21-13/h5-6H,4,7-9,15H2,1-3H3,(H2,16,20)(H,17,19). The average Bonchev–Trinajstić information content (AvgIpc) is 2.85. The van der Waals surface area contributed by atoms with Gasteiger partial charge in [-0.15, -0.1) is 11.3 Å². The molecule has 0 spiro atoms. The first-order valence-electron chi connectivity index (χ1n) is 6.88. The first-order valence-corrected chi connectivity index (χ1v) is 7.76. The number of nitrogens with zero attached hydrogens (tertiary/aromatic N) is 1. The summed E-state index contributed by atoms with van der Waals surface area (Å²) in [6, 6.07) is 1.61. The number of rotatable bonds is 8. The molecule has 1 rings (SSSR count). The number of primary amides is 1. The Morgan fingerprint density at radius 2 is 2.10 bits per heavy atom. The molecule has 5 N–H and O–H groups in total. The highest BCUT2D eigenvalue weighted by molar-refractivity contribution is 7.14. The van der Waals surface area contributed by atoms with Gasteiger partial charge in [0.2, 0.25) is 5.91 Å². The Morgan fingerprint density at radius 1 is 1.43 bits per heavy atom. The number of hydrogen-bond acceptors (Lipinski definition) is 5. The third kappa shape index (κ3) is 5.45. The molecule has 0 aliphatic carbocycles. The fourth-order valence-electron chi connectivity index (χ4n) is 1.92. The van der Waals surface area contributed by atoms with Crippen molar-refractivity contribution in [3.05, 3.63) is 17.0 Å². The molecule has 1 heterocycles. The minimum atomic E-state index is -0.539. The number of thiophene rings is 1. The van der Waals surface area contributed by atoms with E-state index >= 15 is 0 Å². The second-order valence-corrected chi connectivity index (χ2v) is 6.66. The zero-order valence-electron chi connectivity index (χ0n) is 12.8. The van der Waals surface area contributed by atoms with Crippen LogP contribution in [-0.2, 0) is 4.79 Å². The zero-order valence-corrected chi connectivity index (χ0v) is 13.6. The summed E-state index contributed by atoms with van der Waals surface area (Å²) in [7, 11) is 0. The molecule has 2 amide bonds. The fourth-order valence-corrected chi connectivity index (χ4v) is 2.73. The normalized spacial score (nSPS) is 11.7. The summed E-state index contributed by atoms with van der Waals surface area (Å²) < 4.78 is 0. The monoisotopic (exact) mass is 312 g/mol. The maximum Gasteiger partial charge on any atom is 0.251 e. The lowest BCUT2D eigenvalue weighted by Gasteiger charge is -2.30. The van der Waals surface area contributed by atoms with Gasteiger partial charge in [-0.3, -0.25) is 14.5 Å². The number of nitrogens with two attached hydrogens (primary N) is 2. The van der Waals surface area contributed by atoms with Crippen molar-refractivity contribution in [1.29, 1.82) is 0 Å². The van der Waals surface area contributed by atoms with Crippen molar-refractivity contribution in [2.24, 2.45) is 16.9 Å². The molecule has 6 nitrogen and oxygen atoms in total.